The average Bonchev–Trinajstić information content (AvgIpc) is 2.84. The van der Waals surface area contributed by atoms with E-state index >= 15 is 0 Å². The minimum atomic E-state index is -0.522. The summed E-state index contributed by atoms with van der Waals surface area (Å²) in [6.07, 6.45) is 0.523. The smallest absolute Gasteiger partial charge is 0.306 e. The Morgan fingerprint density at radius 3 is 1.89 bits per heavy atom. The summed E-state index contributed by atoms with van der Waals surface area (Å²) in [4.78, 5) is 36.1. The third kappa shape index (κ3) is 8.27. The van der Waals surface area contributed by atoms with Crippen LogP contribution in [0.3, 0.4) is 0 Å². The van der Waals surface area contributed by atoms with E-state index in [0.717, 1.165) is 22.4 Å². The number of hydrogen-bond acceptors (Lipinski definition) is 5. The fourth-order valence-corrected chi connectivity index (χ4v) is 3.37. The van der Waals surface area contributed by atoms with Crippen LogP contribution >= 0.6 is 0 Å². The molecule has 3 rings (SSSR count). The molecule has 0 radical (unpaired) electrons. The average molecular weight is 489 g/mol. The van der Waals surface area contributed by atoms with Crippen molar-refractivity contribution in [2.45, 2.75) is 47.0 Å². The van der Waals surface area contributed by atoms with Crippen LogP contribution < -0.4 is 15.4 Å². The zero-order valence-corrected chi connectivity index (χ0v) is 21.1. The van der Waals surface area contributed by atoms with Crippen LogP contribution in [-0.4, -0.2) is 24.4 Å². The number of aryl methyl sites for hydroxylation is 4. The van der Waals surface area contributed by atoms with Crippen LogP contribution in [0.1, 0.15) is 41.5 Å². The van der Waals surface area contributed by atoms with Crippen LogP contribution in [0.25, 0.3) is 0 Å². The molecule has 0 fully saturated rings. The zero-order chi connectivity index (χ0) is 26.1. The van der Waals surface area contributed by atoms with E-state index in [1.807, 2.05) is 58.0 Å². The Bertz CT molecular complexity index is 1230. The third-order valence-corrected chi connectivity index (χ3v) is 5.79. The molecule has 0 aliphatic rings. The Morgan fingerprint density at radius 2 is 1.22 bits per heavy atom. The minimum absolute atomic E-state index is 0.0487. The molecule has 188 valence electrons. The number of rotatable bonds is 10. The molecule has 0 saturated carbocycles. The molecule has 7 nitrogen and oxygen atoms in total. The van der Waals surface area contributed by atoms with Crippen LogP contribution in [0, 0.1) is 27.7 Å². The first-order valence-electron chi connectivity index (χ1n) is 11.9. The number of hydrogen-bond donors (Lipinski definition) is 2. The summed E-state index contributed by atoms with van der Waals surface area (Å²) >= 11 is 0. The SMILES string of the molecule is Cc1ccc(NC(=O)COC(=O)CCCC(=O)Nc2ccc(Oc3ccc(C)c(C)c3)cc2)cc1C. The van der Waals surface area contributed by atoms with Crippen LogP contribution in [0.4, 0.5) is 11.4 Å². The first-order valence-corrected chi connectivity index (χ1v) is 11.9. The van der Waals surface area contributed by atoms with Crippen molar-refractivity contribution < 1.29 is 23.9 Å². The number of esters is 1. The maximum atomic E-state index is 12.2. The van der Waals surface area contributed by atoms with Gasteiger partial charge in [-0.15, -0.1) is 0 Å². The zero-order valence-electron chi connectivity index (χ0n) is 21.1. The van der Waals surface area contributed by atoms with Crippen LogP contribution in [0.5, 0.6) is 11.5 Å². The van der Waals surface area contributed by atoms with Crippen molar-refractivity contribution in [1.82, 2.24) is 0 Å². The van der Waals surface area contributed by atoms with Gasteiger partial charge in [-0.1, -0.05) is 12.1 Å². The summed E-state index contributed by atoms with van der Waals surface area (Å²) in [5.74, 6) is 0.281. The number of ether oxygens (including phenoxy) is 2. The molecule has 3 aromatic rings. The number of benzene rings is 3. The molecular weight excluding hydrogens is 456 g/mol. The second-order valence-corrected chi connectivity index (χ2v) is 8.78. The normalized spacial score (nSPS) is 10.4. The second kappa shape index (κ2) is 12.5. The fourth-order valence-electron chi connectivity index (χ4n) is 3.37. The molecule has 2 N–H and O–H groups in total. The number of carbonyl (C=O) groups is 3. The maximum absolute atomic E-state index is 12.2. The second-order valence-electron chi connectivity index (χ2n) is 8.78. The molecule has 36 heavy (non-hydrogen) atoms. The van der Waals surface area contributed by atoms with Gasteiger partial charge in [-0.25, -0.2) is 0 Å². The molecule has 0 aromatic heterocycles. The predicted molar refractivity (Wildman–Crippen MR) is 140 cm³/mol. The van der Waals surface area contributed by atoms with E-state index in [-0.39, 0.29) is 25.4 Å². The number of nitrogens with one attached hydrogen (secondary N) is 2. The van der Waals surface area contributed by atoms with Crippen molar-refractivity contribution in [2.75, 3.05) is 17.2 Å². The van der Waals surface area contributed by atoms with Crippen molar-refractivity contribution in [2.24, 2.45) is 0 Å². The summed E-state index contributed by atoms with van der Waals surface area (Å²) in [5, 5.41) is 5.50. The summed E-state index contributed by atoms with van der Waals surface area (Å²) in [6, 6.07) is 18.6. The molecule has 2 amide bonds. The molecule has 0 bridgehead atoms. The molecule has 0 unspecified atom stereocenters. The Kier molecular flexibility index (Phi) is 9.22. The first-order chi connectivity index (χ1) is 17.2. The lowest BCUT2D eigenvalue weighted by Crippen LogP contribution is -2.21. The summed E-state index contributed by atoms with van der Waals surface area (Å²) in [5.41, 5.74) is 5.83. The highest BCUT2D eigenvalue weighted by Crippen LogP contribution is 2.25. The molecule has 7 heteroatoms. The van der Waals surface area contributed by atoms with E-state index in [2.05, 4.69) is 10.6 Å². The lowest BCUT2D eigenvalue weighted by molar-refractivity contribution is -0.147. The Morgan fingerprint density at radius 1 is 0.639 bits per heavy atom. The monoisotopic (exact) mass is 488 g/mol. The topological polar surface area (TPSA) is 93.7 Å². The number of anilines is 2. The van der Waals surface area contributed by atoms with Crippen LogP contribution in [-0.2, 0) is 19.1 Å². The van der Waals surface area contributed by atoms with Gasteiger partial charge in [0.1, 0.15) is 11.5 Å². The summed E-state index contributed by atoms with van der Waals surface area (Å²) in [7, 11) is 0. The lowest BCUT2D eigenvalue weighted by Gasteiger charge is -2.10. The molecular formula is C29H32N2O5. The number of amides is 2. The number of carbonyl (C=O) groups excluding carboxylic acids is 3. The first kappa shape index (κ1) is 26.5. The molecule has 0 aliphatic carbocycles. The van der Waals surface area contributed by atoms with Gasteiger partial charge in [-0.3, -0.25) is 14.4 Å². The van der Waals surface area contributed by atoms with Crippen LogP contribution in [0.15, 0.2) is 60.7 Å². The third-order valence-electron chi connectivity index (χ3n) is 5.79. The quantitative estimate of drug-likeness (QED) is 0.341. The Hall–Kier alpha value is -4.13. The van der Waals surface area contributed by atoms with Crippen molar-refractivity contribution >= 4 is 29.2 Å². The Labute approximate surface area is 211 Å². The molecule has 0 saturated heterocycles. The fraction of sp³-hybridized carbons (Fsp3) is 0.276. The van der Waals surface area contributed by atoms with E-state index in [4.69, 9.17) is 9.47 Å². The minimum Gasteiger partial charge on any atom is -0.457 e. The highest BCUT2D eigenvalue weighted by atomic mass is 16.5. The molecule has 0 aliphatic heterocycles. The standard InChI is InChI=1S/C29H32N2O5/c1-19-8-10-24(16-21(19)3)31-28(33)18-35-29(34)7-5-6-27(32)30-23-11-14-25(15-12-23)36-26-13-9-20(2)22(4)17-26/h8-17H,5-7,18H2,1-4H3,(H,30,32)(H,31,33). The lowest BCUT2D eigenvalue weighted by atomic mass is 10.1. The molecule has 0 spiro atoms. The molecule has 3 aromatic carbocycles. The highest BCUT2D eigenvalue weighted by molar-refractivity contribution is 5.93. The van der Waals surface area contributed by atoms with Gasteiger partial charge in [0.05, 0.1) is 0 Å². The maximum Gasteiger partial charge on any atom is 0.306 e. The van der Waals surface area contributed by atoms with Crippen molar-refractivity contribution in [3.63, 3.8) is 0 Å². The van der Waals surface area contributed by atoms with Gasteiger partial charge >= 0.3 is 5.97 Å². The van der Waals surface area contributed by atoms with Crippen LogP contribution in [0.2, 0.25) is 0 Å². The van der Waals surface area contributed by atoms with Gasteiger partial charge in [-0.05, 0) is 105 Å². The molecule has 0 atom stereocenters. The van der Waals surface area contributed by atoms with Gasteiger partial charge in [0.15, 0.2) is 6.61 Å². The van der Waals surface area contributed by atoms with E-state index in [1.54, 1.807) is 30.3 Å². The van der Waals surface area contributed by atoms with Gasteiger partial charge in [0, 0.05) is 24.2 Å². The van der Waals surface area contributed by atoms with E-state index < -0.39 is 11.9 Å². The molecule has 0 heterocycles. The van der Waals surface area contributed by atoms with E-state index in [9.17, 15) is 14.4 Å². The van der Waals surface area contributed by atoms with Crippen molar-refractivity contribution in [1.29, 1.82) is 0 Å². The van der Waals surface area contributed by atoms with Gasteiger partial charge in [0.25, 0.3) is 5.91 Å². The van der Waals surface area contributed by atoms with Gasteiger partial charge < -0.3 is 20.1 Å². The summed E-state index contributed by atoms with van der Waals surface area (Å²) < 4.78 is 10.9. The van der Waals surface area contributed by atoms with Gasteiger partial charge in [0.2, 0.25) is 5.91 Å². The van der Waals surface area contributed by atoms with Crippen molar-refractivity contribution in [3.8, 4) is 11.5 Å². The van der Waals surface area contributed by atoms with E-state index in [1.165, 1.54) is 5.56 Å². The van der Waals surface area contributed by atoms with E-state index in [0.29, 0.717) is 23.5 Å². The van der Waals surface area contributed by atoms with Gasteiger partial charge in [-0.2, -0.15) is 0 Å². The van der Waals surface area contributed by atoms with Crippen molar-refractivity contribution in [3.05, 3.63) is 82.9 Å². The Balaban J connectivity index is 1.34. The highest BCUT2D eigenvalue weighted by Gasteiger charge is 2.10. The summed E-state index contributed by atoms with van der Waals surface area (Å²) in [6.45, 7) is 7.66. The predicted octanol–water partition coefficient (Wildman–Crippen LogP) is 6.00. The largest absolute Gasteiger partial charge is 0.457 e.